The fourth-order valence-corrected chi connectivity index (χ4v) is 5.20. The van der Waals surface area contributed by atoms with Crippen molar-refractivity contribution >= 4 is 53.6 Å². The Morgan fingerprint density at radius 2 is 1.03 bits per heavy atom. The Kier molecular flexibility index (Phi) is 3.33. The van der Waals surface area contributed by atoms with Crippen molar-refractivity contribution in [3.8, 4) is 11.4 Å². The van der Waals surface area contributed by atoms with E-state index >= 15 is 0 Å². The predicted octanol–water partition coefficient (Wildman–Crippen LogP) is 5.52. The number of hydrogen-bond acceptors (Lipinski definition) is 5. The summed E-state index contributed by atoms with van der Waals surface area (Å²) in [5.41, 5.74) is 5.76. The highest BCUT2D eigenvalue weighted by molar-refractivity contribution is 7.25. The molecule has 0 spiro atoms. The minimum Gasteiger partial charge on any atom is -0.213 e. The molecule has 31 heavy (non-hydrogen) atoms. The topological polar surface area (TPSA) is 61.4 Å². The molecule has 3 aromatic heterocycles. The number of nitrogens with zero attached hydrogens (tertiary/aromatic N) is 6. The third-order valence-electron chi connectivity index (χ3n) is 5.63. The highest BCUT2D eigenvalue weighted by Gasteiger charge is 2.12. The first-order valence-electron chi connectivity index (χ1n) is 9.93. The summed E-state index contributed by atoms with van der Waals surface area (Å²) in [7, 11) is 0. The molecular formula is C24H14N6S. The first-order valence-corrected chi connectivity index (χ1v) is 10.7. The molecule has 0 unspecified atom stereocenters. The molecule has 0 aliphatic heterocycles. The van der Waals surface area contributed by atoms with Gasteiger partial charge in [0, 0.05) is 20.2 Å². The maximum Gasteiger partial charge on any atom is 0.113 e. The van der Waals surface area contributed by atoms with Crippen molar-refractivity contribution < 1.29 is 0 Å². The molecule has 146 valence electrons. The van der Waals surface area contributed by atoms with Crippen LogP contribution in [0.25, 0.3) is 53.6 Å². The van der Waals surface area contributed by atoms with E-state index in [0.29, 0.717) is 0 Å². The van der Waals surface area contributed by atoms with Crippen molar-refractivity contribution in [2.75, 3.05) is 0 Å². The molecule has 0 amide bonds. The van der Waals surface area contributed by atoms with E-state index in [1.807, 2.05) is 57.9 Å². The Morgan fingerprint density at radius 3 is 1.55 bits per heavy atom. The second-order valence-corrected chi connectivity index (χ2v) is 8.53. The molecule has 0 saturated heterocycles. The maximum absolute atomic E-state index is 4.38. The van der Waals surface area contributed by atoms with Crippen molar-refractivity contribution in [2.24, 2.45) is 0 Å². The van der Waals surface area contributed by atoms with Gasteiger partial charge >= 0.3 is 0 Å². The van der Waals surface area contributed by atoms with Crippen molar-refractivity contribution in [1.82, 2.24) is 30.0 Å². The molecule has 0 bridgehead atoms. The number of aromatic nitrogens is 6. The lowest BCUT2D eigenvalue weighted by Crippen LogP contribution is -1.96. The number of thiophene rings is 1. The van der Waals surface area contributed by atoms with Crippen LogP contribution < -0.4 is 0 Å². The fraction of sp³-hybridized carbons (Fsp3) is 0. The summed E-state index contributed by atoms with van der Waals surface area (Å²) >= 11 is 1.79. The normalized spacial score (nSPS) is 11.9. The molecule has 7 rings (SSSR count). The molecule has 0 aliphatic rings. The zero-order valence-corrected chi connectivity index (χ0v) is 17.0. The zero-order valence-electron chi connectivity index (χ0n) is 16.2. The number of hydrogen-bond donors (Lipinski definition) is 0. The molecule has 6 nitrogen and oxygen atoms in total. The smallest absolute Gasteiger partial charge is 0.113 e. The van der Waals surface area contributed by atoms with Crippen LogP contribution in [-0.4, -0.2) is 30.0 Å². The van der Waals surface area contributed by atoms with Crippen molar-refractivity contribution in [3.63, 3.8) is 0 Å². The average molecular weight is 418 g/mol. The quantitative estimate of drug-likeness (QED) is 0.371. The van der Waals surface area contributed by atoms with Crippen molar-refractivity contribution in [3.05, 3.63) is 84.9 Å². The summed E-state index contributed by atoms with van der Waals surface area (Å²) in [4.78, 5) is 0. The number of para-hydroxylation sites is 2. The van der Waals surface area contributed by atoms with Gasteiger partial charge in [0.15, 0.2) is 0 Å². The molecule has 0 aliphatic carbocycles. The number of rotatable bonds is 2. The molecule has 0 saturated carbocycles. The van der Waals surface area contributed by atoms with E-state index in [2.05, 4.69) is 57.0 Å². The van der Waals surface area contributed by atoms with Crippen LogP contribution in [0.4, 0.5) is 0 Å². The molecule has 4 aromatic carbocycles. The van der Waals surface area contributed by atoms with Gasteiger partial charge in [-0.2, -0.15) is 0 Å². The van der Waals surface area contributed by atoms with Gasteiger partial charge in [-0.3, -0.25) is 0 Å². The summed E-state index contributed by atoms with van der Waals surface area (Å²) in [5, 5.41) is 19.7. The monoisotopic (exact) mass is 418 g/mol. The Bertz CT molecular complexity index is 1630. The summed E-state index contributed by atoms with van der Waals surface area (Å²) in [6.45, 7) is 0. The maximum atomic E-state index is 4.38. The van der Waals surface area contributed by atoms with Gasteiger partial charge in [-0.05, 0) is 60.7 Å². The summed E-state index contributed by atoms with van der Waals surface area (Å²) in [6, 6.07) is 28.9. The van der Waals surface area contributed by atoms with E-state index in [1.54, 1.807) is 11.3 Å². The summed E-state index contributed by atoms with van der Waals surface area (Å²) in [5.74, 6) is 0. The van der Waals surface area contributed by atoms with E-state index in [1.165, 1.54) is 20.2 Å². The van der Waals surface area contributed by atoms with Crippen LogP contribution in [0.2, 0.25) is 0 Å². The highest BCUT2D eigenvalue weighted by atomic mass is 32.1. The summed E-state index contributed by atoms with van der Waals surface area (Å²) < 4.78 is 6.27. The van der Waals surface area contributed by atoms with Crippen molar-refractivity contribution in [2.45, 2.75) is 0 Å². The lowest BCUT2D eigenvalue weighted by molar-refractivity contribution is 0.824. The lowest BCUT2D eigenvalue weighted by Gasteiger charge is -2.04. The van der Waals surface area contributed by atoms with Crippen LogP contribution in [0.1, 0.15) is 0 Å². The SMILES string of the molecule is c1ccc2c(c1)nnn2-c1ccc2sc3ccc(-n4nnc5ccccc54)cc3c2c1. The Morgan fingerprint density at radius 1 is 0.548 bits per heavy atom. The van der Waals surface area contributed by atoms with E-state index in [0.717, 1.165) is 33.4 Å². The van der Waals surface area contributed by atoms with Crippen LogP contribution in [0.3, 0.4) is 0 Å². The van der Waals surface area contributed by atoms with E-state index in [-0.39, 0.29) is 0 Å². The van der Waals surface area contributed by atoms with E-state index < -0.39 is 0 Å². The first-order chi connectivity index (χ1) is 15.3. The first kappa shape index (κ1) is 16.7. The van der Waals surface area contributed by atoms with E-state index in [9.17, 15) is 0 Å². The van der Waals surface area contributed by atoms with E-state index in [4.69, 9.17) is 0 Å². The van der Waals surface area contributed by atoms with Crippen LogP contribution in [0, 0.1) is 0 Å². The molecule has 0 fully saturated rings. The third-order valence-corrected chi connectivity index (χ3v) is 6.78. The van der Waals surface area contributed by atoms with Gasteiger partial charge in [0.25, 0.3) is 0 Å². The lowest BCUT2D eigenvalue weighted by atomic mass is 10.1. The molecule has 0 radical (unpaired) electrons. The Hall–Kier alpha value is -4.10. The van der Waals surface area contributed by atoms with Crippen LogP contribution in [0.5, 0.6) is 0 Å². The van der Waals surface area contributed by atoms with Gasteiger partial charge in [0.1, 0.15) is 11.0 Å². The number of fused-ring (bicyclic) bond motifs is 5. The molecular weight excluding hydrogens is 404 g/mol. The standard InChI is InChI=1S/C24H14N6S/c1-3-7-21-19(5-1)25-27-29(21)15-9-11-23-17(13-15)18-14-16(10-12-24(18)31-23)30-22-8-4-2-6-20(22)26-28-30/h1-14H. The van der Waals surface area contributed by atoms with Crippen LogP contribution in [0.15, 0.2) is 84.9 Å². The van der Waals surface area contributed by atoms with Gasteiger partial charge in [0.2, 0.25) is 0 Å². The molecule has 7 aromatic rings. The predicted molar refractivity (Wildman–Crippen MR) is 124 cm³/mol. The van der Waals surface area contributed by atoms with Gasteiger partial charge < -0.3 is 0 Å². The summed E-state index contributed by atoms with van der Waals surface area (Å²) in [6.07, 6.45) is 0. The van der Waals surface area contributed by atoms with Crippen molar-refractivity contribution in [1.29, 1.82) is 0 Å². The van der Waals surface area contributed by atoms with Gasteiger partial charge in [-0.25, -0.2) is 9.36 Å². The van der Waals surface area contributed by atoms with Gasteiger partial charge in [-0.15, -0.1) is 21.5 Å². The molecule has 3 heterocycles. The highest BCUT2D eigenvalue weighted by Crippen LogP contribution is 2.36. The van der Waals surface area contributed by atoms with Crippen LogP contribution in [-0.2, 0) is 0 Å². The minimum atomic E-state index is 0.887. The van der Waals surface area contributed by atoms with Crippen LogP contribution >= 0.6 is 11.3 Å². The molecule has 0 N–H and O–H groups in total. The minimum absolute atomic E-state index is 0.887. The van der Waals surface area contributed by atoms with Gasteiger partial charge in [-0.1, -0.05) is 34.7 Å². The Balaban J connectivity index is 1.45. The second-order valence-electron chi connectivity index (χ2n) is 7.44. The third kappa shape index (κ3) is 2.44. The molecule has 0 atom stereocenters. The average Bonchev–Trinajstić information content (AvgIpc) is 3.53. The number of benzene rings is 4. The Labute approximate surface area is 180 Å². The fourth-order valence-electron chi connectivity index (χ4n) is 4.14. The molecule has 7 heteroatoms. The zero-order chi connectivity index (χ0) is 20.4. The second kappa shape index (κ2) is 6.20. The van der Waals surface area contributed by atoms with Gasteiger partial charge in [0.05, 0.1) is 22.4 Å². The largest absolute Gasteiger partial charge is 0.213 e.